The second kappa shape index (κ2) is 3.11. The van der Waals surface area contributed by atoms with Gasteiger partial charge in [0.1, 0.15) is 0 Å². The molecule has 0 saturated carbocycles. The van der Waals surface area contributed by atoms with E-state index in [1.165, 1.54) is 9.57 Å². The van der Waals surface area contributed by atoms with Crippen LogP contribution in [0.1, 0.15) is 6.42 Å². The van der Waals surface area contributed by atoms with Crippen molar-refractivity contribution in [3.05, 3.63) is 52.4 Å². The molecular formula is C17H33Cl2NSiTi. The molecule has 0 saturated heterocycles. The zero-order valence-corrected chi connectivity index (χ0v) is 19.5. The first-order chi connectivity index (χ1) is 8.30. The first-order valence-electron chi connectivity index (χ1n) is 7.73. The molecule has 1 nitrogen and oxygen atoms in total. The van der Waals surface area contributed by atoms with Crippen LogP contribution < -0.4 is 3.80 Å². The molecule has 0 bridgehead atoms. The van der Waals surface area contributed by atoms with Crippen LogP contribution in [0.4, 0.5) is 5.69 Å². The van der Waals surface area contributed by atoms with E-state index in [1.807, 2.05) is 0 Å². The first-order valence-corrected chi connectivity index (χ1v) is 22.7. The van der Waals surface area contributed by atoms with Gasteiger partial charge in [-0.25, -0.2) is 0 Å². The van der Waals surface area contributed by atoms with Gasteiger partial charge in [0, 0.05) is 0 Å². The molecule has 0 aromatic heterocycles. The molecule has 0 amide bonds. The summed E-state index contributed by atoms with van der Waals surface area (Å²) in [6.07, 6.45) is 7.82. The summed E-state index contributed by atoms with van der Waals surface area (Å²) in [5.74, 6) is 0. The molecule has 1 aliphatic carbocycles. The summed E-state index contributed by atoms with van der Waals surface area (Å²) in [4.78, 5) is 0. The van der Waals surface area contributed by atoms with E-state index in [9.17, 15) is 0 Å². The van der Waals surface area contributed by atoms with E-state index in [0.29, 0.717) is 0 Å². The predicted molar refractivity (Wildman–Crippen MR) is 110 cm³/mol. The molecule has 1 N–H and O–H groups in total. The minimum atomic E-state index is -4.93. The van der Waals surface area contributed by atoms with Crippen molar-refractivity contribution in [1.29, 1.82) is 0 Å². The number of benzene rings is 1. The van der Waals surface area contributed by atoms with E-state index in [-0.39, 0.29) is 24.8 Å². The van der Waals surface area contributed by atoms with Gasteiger partial charge in [0.2, 0.25) is 0 Å². The maximum absolute atomic E-state index is 4.93. The molecule has 2 rings (SSSR count). The number of para-hydroxylation sites is 1. The van der Waals surface area contributed by atoms with Gasteiger partial charge in [-0.15, -0.1) is 24.8 Å². The van der Waals surface area contributed by atoms with Gasteiger partial charge < -0.3 is 0 Å². The van der Waals surface area contributed by atoms with Crippen LogP contribution in [0.25, 0.3) is 0 Å². The van der Waals surface area contributed by atoms with Crippen LogP contribution in [0.2, 0.25) is 31.4 Å². The predicted octanol–water partition coefficient (Wildman–Crippen LogP) is 6.37. The number of nitrogens with one attached hydrogen (secondary N) is 1. The molecule has 0 atom stereocenters. The molecule has 0 radical (unpaired) electrons. The second-order valence-electron chi connectivity index (χ2n) is 15.9. The normalized spacial score (nSPS) is 23.5. The summed E-state index contributed by atoms with van der Waals surface area (Å²) in [5, 5.41) is 14.9. The Bertz CT molecular complexity index is 843. The molecule has 0 fully saturated rings. The fourth-order valence-corrected chi connectivity index (χ4v) is 13.6. The van der Waals surface area contributed by atoms with Crippen molar-refractivity contribution in [2.45, 2.75) is 37.8 Å². The van der Waals surface area contributed by atoms with Crippen LogP contribution in [0.5, 0.6) is 0 Å². The summed E-state index contributed by atoms with van der Waals surface area (Å²) >= 11 is 0. The fraction of sp³-hybridized carbons (Fsp3) is 0.412. The zero-order chi connectivity index (χ0) is 15.6. The average Bonchev–Trinajstić information content (AvgIpc) is 2.68. The van der Waals surface area contributed by atoms with Crippen molar-refractivity contribution in [1.82, 2.24) is 0 Å². The Kier molecular flexibility index (Phi) is 3.11. The Hall–Kier alpha value is 0.0112. The average molecular weight is 398 g/mol. The third-order valence-electron chi connectivity index (χ3n) is 4.90. The number of allylic oxidation sites excluding steroid dienone is 4. The van der Waals surface area contributed by atoms with Crippen LogP contribution in [0.3, 0.4) is 0 Å². The molecule has 1 aromatic carbocycles. The molecule has 0 spiro atoms. The van der Waals surface area contributed by atoms with E-state index < -0.39 is 9.17 Å². The number of hydrogen-bond acceptors (Lipinski definition) is 1. The Morgan fingerprint density at radius 1 is 0.909 bits per heavy atom. The Morgan fingerprint density at radius 2 is 1.41 bits per heavy atom. The van der Waals surface area contributed by atoms with Crippen LogP contribution in [0.15, 0.2) is 52.4 Å². The molecule has 1 aliphatic rings. The van der Waals surface area contributed by atoms with Crippen molar-refractivity contribution in [3.8, 4) is 0 Å². The van der Waals surface area contributed by atoms with Crippen LogP contribution in [0, 0.1) is 0 Å². The molecule has 22 heavy (non-hydrogen) atoms. The monoisotopic (exact) mass is 397 g/mol. The third-order valence-corrected chi connectivity index (χ3v) is 18.6. The van der Waals surface area contributed by atoms with Gasteiger partial charge in [0.15, 0.2) is 0 Å². The van der Waals surface area contributed by atoms with E-state index in [4.69, 9.17) is 0 Å². The maximum atomic E-state index is 4.10. The molecule has 0 heterocycles. The SMILES string of the molecule is Cl.Cl.[CH3][Ti]([CH3])([CH3])([CH3])([CH3])([CH3])(=[SiH2])([NH]c1ccccc1)[C]1=CC=CC1. The Morgan fingerprint density at radius 3 is 1.82 bits per heavy atom. The topological polar surface area (TPSA) is 12.0 Å². The second-order valence-corrected chi connectivity index (χ2v) is 78.6. The van der Waals surface area contributed by atoms with E-state index in [2.05, 4.69) is 91.4 Å². The summed E-state index contributed by atoms with van der Waals surface area (Å²) in [6, 6.07) is 10.6. The van der Waals surface area contributed by atoms with E-state index >= 15 is 0 Å². The van der Waals surface area contributed by atoms with Crippen LogP contribution in [-0.4, -0.2) is 7.63 Å². The van der Waals surface area contributed by atoms with Crippen LogP contribution in [-0.2, 0) is 9.17 Å². The summed E-state index contributed by atoms with van der Waals surface area (Å²) < 4.78 is 5.62. The summed E-state index contributed by atoms with van der Waals surface area (Å²) in [6.45, 7) is 0. The van der Waals surface area contributed by atoms with E-state index in [0.717, 1.165) is 6.42 Å². The zero-order valence-electron chi connectivity index (χ0n) is 14.8. The third kappa shape index (κ3) is 4.30. The molecular weight excluding hydrogens is 365 g/mol. The van der Waals surface area contributed by atoms with Gasteiger partial charge in [0.05, 0.1) is 0 Å². The standard InChI is InChI=1S/C6H6N.C5H5.6CH3.2ClH.H2Si.Ti/c7-6-4-2-1-3-5-6;1-2-4-5-3-1;;;;;;;;;;/h1-5,7H;1-3H,4H2;6*1H3;2*1H;1H2;/q-1;;;;;;;;;;;+1. The van der Waals surface area contributed by atoms with Gasteiger partial charge in [-0.1, -0.05) is 0 Å². The van der Waals surface area contributed by atoms with Gasteiger partial charge in [-0.2, -0.15) is 0 Å². The number of anilines is 1. The molecule has 0 unspecified atom stereocenters. The Labute approximate surface area is 140 Å². The van der Waals surface area contributed by atoms with Crippen molar-refractivity contribution in [2.75, 3.05) is 3.80 Å². The van der Waals surface area contributed by atoms with Gasteiger partial charge >= 0.3 is 117 Å². The van der Waals surface area contributed by atoms with Gasteiger partial charge in [0.25, 0.3) is 0 Å². The van der Waals surface area contributed by atoms with Crippen molar-refractivity contribution < 1.29 is 9.17 Å². The number of hydrogen-bond donors (Lipinski definition) is 1. The molecule has 0 aliphatic heterocycles. The van der Waals surface area contributed by atoms with Crippen LogP contribution >= 0.6 is 24.8 Å². The minimum absolute atomic E-state index is 0. The van der Waals surface area contributed by atoms with E-state index in [1.54, 1.807) is 0 Å². The fourth-order valence-electron chi connectivity index (χ4n) is 3.43. The van der Waals surface area contributed by atoms with Crippen molar-refractivity contribution >= 4 is 38.1 Å². The molecule has 128 valence electrons. The van der Waals surface area contributed by atoms with Crippen molar-refractivity contribution in [3.63, 3.8) is 0 Å². The first kappa shape index (κ1) is 22.0. The number of rotatable bonds is 3. The molecule has 1 aromatic rings. The number of halogens is 2. The van der Waals surface area contributed by atoms with Gasteiger partial charge in [-0.3, -0.25) is 0 Å². The van der Waals surface area contributed by atoms with Gasteiger partial charge in [-0.05, 0) is 0 Å². The van der Waals surface area contributed by atoms with Crippen molar-refractivity contribution in [2.24, 2.45) is 0 Å². The molecule has 5 heteroatoms. The summed E-state index contributed by atoms with van der Waals surface area (Å²) in [7, 11) is -2.73. The summed E-state index contributed by atoms with van der Waals surface area (Å²) in [5.41, 5.74) is 1.19. The Balaban J connectivity index is 0.00000220. The quantitative estimate of drug-likeness (QED) is 0.584.